The van der Waals surface area contributed by atoms with Crippen LogP contribution in [-0.2, 0) is 17.5 Å². The van der Waals surface area contributed by atoms with Crippen molar-refractivity contribution in [2.75, 3.05) is 25.1 Å². The number of aryl methyl sites for hydroxylation is 2. The molecule has 0 saturated carbocycles. The van der Waals surface area contributed by atoms with E-state index in [9.17, 15) is 9.90 Å². The molecule has 4 heterocycles. The Labute approximate surface area is 281 Å². The molecule has 3 aromatic heterocycles. The van der Waals surface area contributed by atoms with Gasteiger partial charge in [-0.1, -0.05) is 37.5 Å². The summed E-state index contributed by atoms with van der Waals surface area (Å²) in [5.74, 6) is 2.33. The molecule has 0 aliphatic carbocycles. The van der Waals surface area contributed by atoms with Crippen LogP contribution in [0, 0.1) is 20.8 Å². The predicted molar refractivity (Wildman–Crippen MR) is 182 cm³/mol. The molecule has 14 heteroatoms. The van der Waals surface area contributed by atoms with E-state index in [0.29, 0.717) is 46.7 Å². The standard InChI is InChI=1S/C33H42ClN7O5Si/c1-19-29(28-20(2)39-45-21(28)3)37-30(38-31(19)41-14-22-13-35-18-36-27(22)16-41)25-12-23(10-11-26(25)34)44-17-24(15-40(7)32(42)43)46-47(8,9)33(4,5)6/h10-13,18,24H,14-17H2,1-9H3,(H,42,43)/t24-/m1/s1. The fourth-order valence-electron chi connectivity index (χ4n) is 5.30. The van der Waals surface area contributed by atoms with Gasteiger partial charge < -0.3 is 28.6 Å². The predicted octanol–water partition coefficient (Wildman–Crippen LogP) is 7.07. The van der Waals surface area contributed by atoms with Crippen LogP contribution in [0.5, 0.6) is 5.75 Å². The lowest BCUT2D eigenvalue weighted by Gasteiger charge is -2.39. The van der Waals surface area contributed by atoms with Crippen molar-refractivity contribution in [3.8, 4) is 28.4 Å². The zero-order chi connectivity index (χ0) is 34.3. The fourth-order valence-corrected chi connectivity index (χ4v) is 6.84. The van der Waals surface area contributed by atoms with Gasteiger partial charge in [-0.05, 0) is 57.1 Å². The Morgan fingerprint density at radius 2 is 1.94 bits per heavy atom. The molecule has 47 heavy (non-hydrogen) atoms. The van der Waals surface area contributed by atoms with Gasteiger partial charge in [-0.15, -0.1) is 0 Å². The topological polar surface area (TPSA) is 140 Å². The summed E-state index contributed by atoms with van der Waals surface area (Å²) in [7, 11) is -0.710. The zero-order valence-corrected chi connectivity index (χ0v) is 30.1. The van der Waals surface area contributed by atoms with Crippen molar-refractivity contribution in [3.63, 3.8) is 0 Å². The molecule has 250 valence electrons. The Morgan fingerprint density at radius 3 is 2.57 bits per heavy atom. The van der Waals surface area contributed by atoms with E-state index in [1.54, 1.807) is 18.5 Å². The smallest absolute Gasteiger partial charge is 0.407 e. The quantitative estimate of drug-likeness (QED) is 0.172. The molecule has 1 amide bonds. The van der Waals surface area contributed by atoms with E-state index in [2.05, 4.69) is 53.9 Å². The maximum Gasteiger partial charge on any atom is 0.407 e. The van der Waals surface area contributed by atoms with Gasteiger partial charge in [-0.3, -0.25) is 0 Å². The number of aromatic nitrogens is 5. The van der Waals surface area contributed by atoms with Crippen molar-refractivity contribution in [2.45, 2.75) is 78.9 Å². The molecule has 12 nitrogen and oxygen atoms in total. The molecule has 0 saturated heterocycles. The number of hydrogen-bond acceptors (Lipinski definition) is 10. The second-order valence-electron chi connectivity index (χ2n) is 13.5. The van der Waals surface area contributed by atoms with E-state index >= 15 is 0 Å². The van der Waals surface area contributed by atoms with E-state index in [-0.39, 0.29) is 18.2 Å². The highest BCUT2D eigenvalue weighted by Gasteiger charge is 2.40. The monoisotopic (exact) mass is 679 g/mol. The summed E-state index contributed by atoms with van der Waals surface area (Å²) in [6, 6.07) is 5.33. The van der Waals surface area contributed by atoms with Crippen LogP contribution < -0.4 is 9.64 Å². The van der Waals surface area contributed by atoms with Crippen molar-refractivity contribution >= 4 is 31.8 Å². The highest BCUT2D eigenvalue weighted by Crippen LogP contribution is 2.40. The SMILES string of the molecule is Cc1noc(C)c1-c1nc(-c2cc(OC[C@@H](CN(C)C(=O)O)O[Si](C)(C)C(C)(C)C)ccc2Cl)nc(N2Cc3cncnc3C2)c1C. The summed E-state index contributed by atoms with van der Waals surface area (Å²) in [6.45, 7) is 17.9. The van der Waals surface area contributed by atoms with E-state index in [1.807, 2.05) is 33.0 Å². The average molecular weight is 680 g/mol. The van der Waals surface area contributed by atoms with Crippen molar-refractivity contribution in [2.24, 2.45) is 0 Å². The maximum absolute atomic E-state index is 11.7. The van der Waals surface area contributed by atoms with E-state index < -0.39 is 20.5 Å². The summed E-state index contributed by atoms with van der Waals surface area (Å²) in [5, 5.41) is 14.1. The lowest BCUT2D eigenvalue weighted by Crippen LogP contribution is -2.49. The van der Waals surface area contributed by atoms with Crippen LogP contribution in [0.3, 0.4) is 0 Å². The number of carbonyl (C=O) groups is 1. The Kier molecular flexibility index (Phi) is 9.63. The van der Waals surface area contributed by atoms with Gasteiger partial charge in [0, 0.05) is 36.5 Å². The number of ether oxygens (including phenoxy) is 1. The number of nitrogens with zero attached hydrogens (tertiary/aromatic N) is 7. The lowest BCUT2D eigenvalue weighted by atomic mass is 10.0. The number of anilines is 1. The second-order valence-corrected chi connectivity index (χ2v) is 18.7. The molecule has 0 radical (unpaired) electrons. The van der Waals surface area contributed by atoms with Crippen molar-refractivity contribution in [3.05, 3.63) is 64.0 Å². The second kappa shape index (κ2) is 13.2. The molecule has 0 bridgehead atoms. The number of likely N-dealkylation sites (N-methyl/N-ethyl adjacent to an activating group) is 1. The van der Waals surface area contributed by atoms with Crippen LogP contribution in [0.15, 0.2) is 35.2 Å². The van der Waals surface area contributed by atoms with Crippen molar-refractivity contribution in [1.82, 2.24) is 30.0 Å². The van der Waals surface area contributed by atoms with E-state index in [4.69, 9.17) is 35.3 Å². The Balaban J connectivity index is 1.51. The number of amides is 1. The molecule has 1 aliphatic rings. The largest absolute Gasteiger partial charge is 0.491 e. The first kappa shape index (κ1) is 34.3. The Morgan fingerprint density at radius 1 is 1.19 bits per heavy atom. The van der Waals surface area contributed by atoms with Crippen LogP contribution in [0.4, 0.5) is 10.6 Å². The molecular weight excluding hydrogens is 638 g/mol. The minimum atomic E-state index is -2.24. The molecule has 0 fully saturated rings. The van der Waals surface area contributed by atoms with Crippen LogP contribution >= 0.6 is 11.6 Å². The third kappa shape index (κ3) is 7.26. The Hall–Kier alpha value is -4.07. The van der Waals surface area contributed by atoms with Gasteiger partial charge in [-0.25, -0.2) is 24.7 Å². The molecule has 4 aromatic rings. The first-order chi connectivity index (χ1) is 22.1. The molecule has 1 aliphatic heterocycles. The van der Waals surface area contributed by atoms with Crippen LogP contribution in [0.1, 0.15) is 49.0 Å². The number of carboxylic acid groups (broad SMARTS) is 1. The average Bonchev–Trinajstić information content (AvgIpc) is 3.58. The molecule has 1 aromatic carbocycles. The summed E-state index contributed by atoms with van der Waals surface area (Å²) in [5.41, 5.74) is 5.68. The van der Waals surface area contributed by atoms with Crippen LogP contribution in [0.25, 0.3) is 22.6 Å². The summed E-state index contributed by atoms with van der Waals surface area (Å²) in [4.78, 5) is 33.8. The van der Waals surface area contributed by atoms with Gasteiger partial charge in [0.2, 0.25) is 0 Å². The summed E-state index contributed by atoms with van der Waals surface area (Å²) >= 11 is 6.81. The molecule has 0 spiro atoms. The fraction of sp³-hybridized carbons (Fsp3) is 0.455. The summed E-state index contributed by atoms with van der Waals surface area (Å²) < 4.78 is 18.4. The minimum Gasteiger partial charge on any atom is -0.491 e. The molecule has 0 unspecified atom stereocenters. The van der Waals surface area contributed by atoms with Gasteiger partial charge in [0.25, 0.3) is 0 Å². The number of hydrogen-bond donors (Lipinski definition) is 1. The Bertz CT molecular complexity index is 1750. The third-order valence-electron chi connectivity index (χ3n) is 8.96. The maximum atomic E-state index is 11.7. The van der Waals surface area contributed by atoms with Gasteiger partial charge in [0.05, 0.1) is 46.9 Å². The van der Waals surface area contributed by atoms with E-state index in [0.717, 1.165) is 33.9 Å². The number of fused-ring (bicyclic) bond motifs is 1. The van der Waals surface area contributed by atoms with Crippen molar-refractivity contribution < 1.29 is 23.6 Å². The minimum absolute atomic E-state index is 0.0663. The van der Waals surface area contributed by atoms with Crippen LogP contribution in [-0.4, -0.2) is 75.8 Å². The highest BCUT2D eigenvalue weighted by molar-refractivity contribution is 6.74. The zero-order valence-electron chi connectivity index (χ0n) is 28.4. The van der Waals surface area contributed by atoms with Gasteiger partial charge >= 0.3 is 6.09 Å². The first-order valence-corrected chi connectivity index (χ1v) is 18.7. The van der Waals surface area contributed by atoms with Crippen LogP contribution in [0.2, 0.25) is 23.2 Å². The number of benzene rings is 1. The molecular formula is C33H42ClN7O5Si. The van der Waals surface area contributed by atoms with E-state index in [1.165, 1.54) is 11.9 Å². The van der Waals surface area contributed by atoms with Gasteiger partial charge in [-0.2, -0.15) is 0 Å². The van der Waals surface area contributed by atoms with Gasteiger partial charge in [0.15, 0.2) is 14.1 Å². The number of rotatable bonds is 10. The van der Waals surface area contributed by atoms with Crippen molar-refractivity contribution in [1.29, 1.82) is 0 Å². The molecule has 5 rings (SSSR count). The third-order valence-corrected chi connectivity index (χ3v) is 13.8. The summed E-state index contributed by atoms with van der Waals surface area (Å²) in [6.07, 6.45) is 1.88. The highest BCUT2D eigenvalue weighted by atomic mass is 35.5. The normalized spacial score (nSPS) is 13.9. The van der Waals surface area contributed by atoms with Gasteiger partial charge in [0.1, 0.15) is 30.3 Å². The molecule has 1 atom stereocenters. The first-order valence-electron chi connectivity index (χ1n) is 15.4. The number of halogens is 1. The lowest BCUT2D eigenvalue weighted by molar-refractivity contribution is 0.0794. The molecule has 1 N–H and O–H groups in total.